The maximum atomic E-state index is 12.7. The number of rotatable bonds is 3. The molecule has 24 heavy (non-hydrogen) atoms. The number of amides is 1. The maximum Gasteiger partial charge on any atom is 0.254 e. The second-order valence-corrected chi connectivity index (χ2v) is 7.41. The van der Waals surface area contributed by atoms with Crippen LogP contribution in [0.25, 0.3) is 0 Å². The fourth-order valence-electron chi connectivity index (χ4n) is 3.69. The van der Waals surface area contributed by atoms with Gasteiger partial charge in [-0.2, -0.15) is 0 Å². The van der Waals surface area contributed by atoms with Gasteiger partial charge in [-0.25, -0.2) is 0 Å². The van der Waals surface area contributed by atoms with E-state index in [2.05, 4.69) is 35.9 Å². The third-order valence-corrected chi connectivity index (χ3v) is 5.38. The molecule has 0 spiro atoms. The smallest absolute Gasteiger partial charge is 0.254 e. The summed E-state index contributed by atoms with van der Waals surface area (Å²) in [4.78, 5) is 19.5. The number of hydrogen-bond donors (Lipinski definition) is 1. The van der Waals surface area contributed by atoms with Crippen molar-refractivity contribution in [2.24, 2.45) is 5.73 Å². The van der Waals surface area contributed by atoms with Gasteiger partial charge in [-0.3, -0.25) is 9.69 Å². The maximum absolute atomic E-state index is 12.7. The van der Waals surface area contributed by atoms with Gasteiger partial charge in [0.1, 0.15) is 0 Å². The van der Waals surface area contributed by atoms with Gasteiger partial charge >= 0.3 is 0 Å². The molecule has 2 heterocycles. The van der Waals surface area contributed by atoms with Gasteiger partial charge in [0.25, 0.3) is 5.91 Å². The molecule has 132 valence electrons. The summed E-state index contributed by atoms with van der Waals surface area (Å²) < 4.78 is 0. The van der Waals surface area contributed by atoms with Crippen molar-refractivity contribution in [2.75, 3.05) is 39.8 Å². The Morgan fingerprint density at radius 1 is 1.12 bits per heavy atom. The highest BCUT2D eigenvalue weighted by Crippen LogP contribution is 2.19. The van der Waals surface area contributed by atoms with E-state index in [0.29, 0.717) is 0 Å². The first-order chi connectivity index (χ1) is 11.5. The number of nitrogens with two attached hydrogens (primary N) is 1. The molecular formula is C19H30N4O. The Bertz CT molecular complexity index is 551. The SMILES string of the molecule is C[C@@H]1C[C@H](N)CCN1C(=O)c1ccc(CN2CCN(C)CC2)cc1. The minimum absolute atomic E-state index is 0.139. The van der Waals surface area contributed by atoms with Crippen molar-refractivity contribution < 1.29 is 4.79 Å². The summed E-state index contributed by atoms with van der Waals surface area (Å²) >= 11 is 0. The van der Waals surface area contributed by atoms with Crippen molar-refractivity contribution >= 4 is 5.91 Å². The van der Waals surface area contributed by atoms with E-state index in [1.165, 1.54) is 5.56 Å². The van der Waals surface area contributed by atoms with E-state index in [1.54, 1.807) is 0 Å². The first-order valence-corrected chi connectivity index (χ1v) is 9.09. The Labute approximate surface area is 145 Å². The number of nitrogens with zero attached hydrogens (tertiary/aromatic N) is 3. The number of carbonyl (C=O) groups excluding carboxylic acids is 1. The average Bonchev–Trinajstić information content (AvgIpc) is 2.57. The van der Waals surface area contributed by atoms with Crippen LogP contribution in [0, 0.1) is 0 Å². The van der Waals surface area contributed by atoms with E-state index in [4.69, 9.17) is 5.73 Å². The lowest BCUT2D eigenvalue weighted by molar-refractivity contribution is 0.0619. The molecule has 0 unspecified atom stereocenters. The van der Waals surface area contributed by atoms with E-state index in [1.807, 2.05) is 17.0 Å². The molecule has 1 aromatic rings. The molecule has 5 heteroatoms. The van der Waals surface area contributed by atoms with Gasteiger partial charge in [0.2, 0.25) is 0 Å². The summed E-state index contributed by atoms with van der Waals surface area (Å²) in [6, 6.07) is 8.63. The third-order valence-electron chi connectivity index (χ3n) is 5.38. The van der Waals surface area contributed by atoms with Crippen LogP contribution >= 0.6 is 0 Å². The van der Waals surface area contributed by atoms with Crippen LogP contribution in [0.2, 0.25) is 0 Å². The van der Waals surface area contributed by atoms with Crippen molar-refractivity contribution in [3.05, 3.63) is 35.4 Å². The quantitative estimate of drug-likeness (QED) is 0.910. The van der Waals surface area contributed by atoms with E-state index in [9.17, 15) is 4.79 Å². The number of hydrogen-bond acceptors (Lipinski definition) is 4. The molecule has 0 bridgehead atoms. The monoisotopic (exact) mass is 330 g/mol. The van der Waals surface area contributed by atoms with Crippen LogP contribution in [0.15, 0.2) is 24.3 Å². The largest absolute Gasteiger partial charge is 0.336 e. The van der Waals surface area contributed by atoms with Crippen molar-refractivity contribution in [3.63, 3.8) is 0 Å². The van der Waals surface area contributed by atoms with Crippen LogP contribution in [0.4, 0.5) is 0 Å². The fourth-order valence-corrected chi connectivity index (χ4v) is 3.69. The van der Waals surface area contributed by atoms with E-state index in [-0.39, 0.29) is 18.0 Å². The lowest BCUT2D eigenvalue weighted by Gasteiger charge is -2.36. The van der Waals surface area contributed by atoms with Crippen LogP contribution < -0.4 is 5.73 Å². The summed E-state index contributed by atoms with van der Waals surface area (Å²) in [6.07, 6.45) is 1.80. The van der Waals surface area contributed by atoms with Crippen molar-refractivity contribution in [1.82, 2.24) is 14.7 Å². The molecule has 0 aliphatic carbocycles. The topological polar surface area (TPSA) is 52.8 Å². The molecule has 3 rings (SSSR count). The Morgan fingerprint density at radius 3 is 2.42 bits per heavy atom. The zero-order valence-electron chi connectivity index (χ0n) is 14.9. The average molecular weight is 330 g/mol. The molecule has 2 N–H and O–H groups in total. The van der Waals surface area contributed by atoms with Gasteiger partial charge in [0.05, 0.1) is 0 Å². The molecule has 2 fully saturated rings. The Morgan fingerprint density at radius 2 is 1.79 bits per heavy atom. The summed E-state index contributed by atoms with van der Waals surface area (Å²) in [7, 11) is 2.17. The van der Waals surface area contributed by atoms with Crippen LogP contribution in [0.5, 0.6) is 0 Å². The standard InChI is InChI=1S/C19H30N4O/c1-15-13-18(20)7-8-23(15)19(24)17-5-3-16(4-6-17)14-22-11-9-21(2)10-12-22/h3-6,15,18H,7-14,20H2,1-2H3/t15-,18-/m1/s1. The molecule has 2 aliphatic rings. The summed E-state index contributed by atoms with van der Waals surface area (Å²) in [5.41, 5.74) is 8.07. The van der Waals surface area contributed by atoms with Crippen LogP contribution in [-0.4, -0.2) is 72.5 Å². The summed E-state index contributed by atoms with van der Waals surface area (Å²) in [5.74, 6) is 0.139. The number of carbonyl (C=O) groups is 1. The third kappa shape index (κ3) is 4.15. The zero-order valence-corrected chi connectivity index (χ0v) is 14.9. The van der Waals surface area contributed by atoms with E-state index < -0.39 is 0 Å². The van der Waals surface area contributed by atoms with Crippen LogP contribution in [0.1, 0.15) is 35.7 Å². The number of benzene rings is 1. The predicted molar refractivity (Wildman–Crippen MR) is 96.9 cm³/mol. The molecule has 0 radical (unpaired) electrons. The van der Waals surface area contributed by atoms with Gasteiger partial charge in [0.15, 0.2) is 0 Å². The van der Waals surface area contributed by atoms with Gasteiger partial charge in [-0.05, 0) is 44.5 Å². The molecule has 2 atom stereocenters. The van der Waals surface area contributed by atoms with Gasteiger partial charge in [0, 0.05) is 56.9 Å². The molecule has 1 aromatic carbocycles. The first kappa shape index (κ1) is 17.4. The zero-order chi connectivity index (χ0) is 17.1. The highest BCUT2D eigenvalue weighted by atomic mass is 16.2. The van der Waals surface area contributed by atoms with Gasteiger partial charge < -0.3 is 15.5 Å². The second-order valence-electron chi connectivity index (χ2n) is 7.41. The van der Waals surface area contributed by atoms with E-state index >= 15 is 0 Å². The highest BCUT2D eigenvalue weighted by molar-refractivity contribution is 5.94. The minimum atomic E-state index is 0.139. The Balaban J connectivity index is 1.58. The number of likely N-dealkylation sites (tertiary alicyclic amines) is 1. The molecule has 0 saturated carbocycles. The summed E-state index contributed by atoms with van der Waals surface area (Å²) in [5, 5.41) is 0. The van der Waals surface area contributed by atoms with Crippen molar-refractivity contribution in [3.8, 4) is 0 Å². The minimum Gasteiger partial charge on any atom is -0.336 e. The Kier molecular flexibility index (Phi) is 5.54. The van der Waals surface area contributed by atoms with E-state index in [0.717, 1.165) is 57.7 Å². The van der Waals surface area contributed by atoms with Gasteiger partial charge in [-0.15, -0.1) is 0 Å². The lowest BCUT2D eigenvalue weighted by Crippen LogP contribution is -2.48. The molecule has 1 amide bonds. The molecule has 2 saturated heterocycles. The van der Waals surface area contributed by atoms with Crippen molar-refractivity contribution in [1.29, 1.82) is 0 Å². The fraction of sp³-hybridized carbons (Fsp3) is 0.632. The molecule has 2 aliphatic heterocycles. The predicted octanol–water partition coefficient (Wildman–Crippen LogP) is 1.39. The van der Waals surface area contributed by atoms with Crippen molar-refractivity contribution in [2.45, 2.75) is 38.4 Å². The molecule has 5 nitrogen and oxygen atoms in total. The number of likely N-dealkylation sites (N-methyl/N-ethyl adjacent to an activating group) is 1. The molecule has 0 aromatic heterocycles. The second kappa shape index (κ2) is 7.64. The molecular weight excluding hydrogens is 300 g/mol. The van der Waals surface area contributed by atoms with Gasteiger partial charge in [-0.1, -0.05) is 12.1 Å². The Hall–Kier alpha value is -1.43. The summed E-state index contributed by atoms with van der Waals surface area (Å²) in [6.45, 7) is 8.32. The lowest BCUT2D eigenvalue weighted by atomic mass is 9.98. The number of piperazine rings is 1. The van der Waals surface area contributed by atoms with Crippen LogP contribution in [-0.2, 0) is 6.54 Å². The van der Waals surface area contributed by atoms with Crippen LogP contribution in [0.3, 0.4) is 0 Å². The highest BCUT2D eigenvalue weighted by Gasteiger charge is 2.27. The normalized spacial score (nSPS) is 26.5. The first-order valence-electron chi connectivity index (χ1n) is 9.09. The number of piperidine rings is 1.